The average molecular weight is 242 g/mol. The second-order valence-electron chi connectivity index (χ2n) is 5.55. The molecule has 102 valence electrons. The van der Waals surface area contributed by atoms with E-state index in [-0.39, 0.29) is 0 Å². The topological polar surface area (TPSA) is 24.5 Å². The summed E-state index contributed by atoms with van der Waals surface area (Å²) in [6.07, 6.45) is 3.70. The molecule has 1 unspecified atom stereocenters. The summed E-state index contributed by atoms with van der Waals surface area (Å²) in [6, 6.07) is 0.680. The minimum atomic E-state index is 0.680. The summed E-state index contributed by atoms with van der Waals surface area (Å²) in [5.74, 6) is 0.785. The summed E-state index contributed by atoms with van der Waals surface area (Å²) in [5, 5.41) is 3.61. The Kier molecular flexibility index (Phi) is 7.82. The molecule has 1 aliphatic rings. The van der Waals surface area contributed by atoms with E-state index in [0.29, 0.717) is 6.04 Å². The van der Waals surface area contributed by atoms with Crippen molar-refractivity contribution in [3.63, 3.8) is 0 Å². The molecular formula is C14H30N2O. The molecule has 1 rings (SSSR count). The van der Waals surface area contributed by atoms with Gasteiger partial charge in [-0.1, -0.05) is 27.2 Å². The van der Waals surface area contributed by atoms with Gasteiger partial charge in [0.25, 0.3) is 0 Å². The second kappa shape index (κ2) is 8.90. The maximum absolute atomic E-state index is 5.63. The lowest BCUT2D eigenvalue weighted by molar-refractivity contribution is 0.0879. The first-order valence-corrected chi connectivity index (χ1v) is 7.25. The van der Waals surface area contributed by atoms with Crippen molar-refractivity contribution in [2.24, 2.45) is 5.92 Å². The minimum Gasteiger partial charge on any atom is -0.380 e. The summed E-state index contributed by atoms with van der Waals surface area (Å²) < 4.78 is 5.63. The van der Waals surface area contributed by atoms with Crippen LogP contribution in [-0.4, -0.2) is 50.3 Å². The fourth-order valence-corrected chi connectivity index (χ4v) is 2.37. The molecule has 0 radical (unpaired) electrons. The molecule has 1 atom stereocenters. The highest BCUT2D eigenvalue weighted by Crippen LogP contribution is 2.09. The summed E-state index contributed by atoms with van der Waals surface area (Å²) in [4.78, 5) is 2.54. The van der Waals surface area contributed by atoms with Crippen molar-refractivity contribution in [2.45, 2.75) is 46.1 Å². The third-order valence-electron chi connectivity index (χ3n) is 3.29. The Morgan fingerprint density at radius 3 is 2.88 bits per heavy atom. The van der Waals surface area contributed by atoms with Crippen molar-refractivity contribution in [2.75, 3.05) is 39.4 Å². The van der Waals surface area contributed by atoms with E-state index in [1.807, 2.05) is 0 Å². The molecule has 0 spiro atoms. The molecule has 3 heteroatoms. The van der Waals surface area contributed by atoms with Crippen LogP contribution < -0.4 is 5.32 Å². The SMILES string of the molecule is CCCCOCCN1CCNC(CC(C)C)C1. The highest BCUT2D eigenvalue weighted by molar-refractivity contribution is 4.79. The zero-order chi connectivity index (χ0) is 12.5. The quantitative estimate of drug-likeness (QED) is 0.660. The normalized spacial score (nSPS) is 22.2. The van der Waals surface area contributed by atoms with Crippen LogP contribution in [-0.2, 0) is 4.74 Å². The number of ether oxygens (including phenoxy) is 1. The Bertz CT molecular complexity index is 185. The number of nitrogens with one attached hydrogen (secondary N) is 1. The molecular weight excluding hydrogens is 212 g/mol. The first kappa shape index (κ1) is 14.9. The standard InChI is InChI=1S/C14H30N2O/c1-4-5-9-17-10-8-16-7-6-15-14(12-16)11-13(2)3/h13-15H,4-12H2,1-3H3. The Hall–Kier alpha value is -0.120. The van der Waals surface area contributed by atoms with E-state index < -0.39 is 0 Å². The van der Waals surface area contributed by atoms with Crippen LogP contribution in [0.3, 0.4) is 0 Å². The summed E-state index contributed by atoms with van der Waals surface area (Å²) in [7, 11) is 0. The van der Waals surface area contributed by atoms with Crippen LogP contribution in [0.25, 0.3) is 0 Å². The van der Waals surface area contributed by atoms with Crippen molar-refractivity contribution < 1.29 is 4.74 Å². The molecule has 0 aromatic heterocycles. The predicted molar refractivity (Wildman–Crippen MR) is 73.4 cm³/mol. The number of nitrogens with zero attached hydrogens (tertiary/aromatic N) is 1. The van der Waals surface area contributed by atoms with Gasteiger partial charge in [0, 0.05) is 38.8 Å². The number of hydrogen-bond acceptors (Lipinski definition) is 3. The van der Waals surface area contributed by atoms with Gasteiger partial charge in [-0.15, -0.1) is 0 Å². The van der Waals surface area contributed by atoms with Crippen molar-refractivity contribution in [1.82, 2.24) is 10.2 Å². The summed E-state index contributed by atoms with van der Waals surface area (Å²) >= 11 is 0. The Balaban J connectivity index is 2.08. The van der Waals surface area contributed by atoms with Crippen LogP contribution in [0, 0.1) is 5.92 Å². The largest absolute Gasteiger partial charge is 0.380 e. The highest BCUT2D eigenvalue weighted by Gasteiger charge is 2.19. The van der Waals surface area contributed by atoms with Gasteiger partial charge in [0.2, 0.25) is 0 Å². The van der Waals surface area contributed by atoms with E-state index in [0.717, 1.165) is 32.2 Å². The van der Waals surface area contributed by atoms with Gasteiger partial charge in [-0.3, -0.25) is 4.90 Å². The molecule has 0 bridgehead atoms. The van der Waals surface area contributed by atoms with Gasteiger partial charge in [0.1, 0.15) is 0 Å². The molecule has 1 heterocycles. The van der Waals surface area contributed by atoms with Crippen molar-refractivity contribution >= 4 is 0 Å². The molecule has 1 aliphatic heterocycles. The lowest BCUT2D eigenvalue weighted by Crippen LogP contribution is -2.51. The van der Waals surface area contributed by atoms with Gasteiger partial charge in [0.15, 0.2) is 0 Å². The third-order valence-corrected chi connectivity index (χ3v) is 3.29. The van der Waals surface area contributed by atoms with Gasteiger partial charge in [-0.25, -0.2) is 0 Å². The van der Waals surface area contributed by atoms with Gasteiger partial charge >= 0.3 is 0 Å². The van der Waals surface area contributed by atoms with Crippen LogP contribution in [0.5, 0.6) is 0 Å². The first-order chi connectivity index (χ1) is 8.22. The maximum atomic E-state index is 5.63. The zero-order valence-electron chi connectivity index (χ0n) is 11.9. The molecule has 0 amide bonds. The Labute approximate surface area is 107 Å². The van der Waals surface area contributed by atoms with E-state index in [1.165, 1.54) is 32.4 Å². The van der Waals surface area contributed by atoms with E-state index in [1.54, 1.807) is 0 Å². The minimum absolute atomic E-state index is 0.680. The molecule has 0 saturated carbocycles. The molecule has 17 heavy (non-hydrogen) atoms. The van der Waals surface area contributed by atoms with E-state index in [9.17, 15) is 0 Å². The smallest absolute Gasteiger partial charge is 0.0593 e. The van der Waals surface area contributed by atoms with Gasteiger partial charge in [-0.05, 0) is 18.8 Å². The lowest BCUT2D eigenvalue weighted by Gasteiger charge is -2.34. The third kappa shape index (κ3) is 7.02. The fourth-order valence-electron chi connectivity index (χ4n) is 2.37. The molecule has 1 saturated heterocycles. The number of unbranched alkanes of at least 4 members (excludes halogenated alkanes) is 1. The number of piperazine rings is 1. The molecule has 1 fully saturated rings. The Morgan fingerprint density at radius 1 is 1.35 bits per heavy atom. The number of hydrogen-bond donors (Lipinski definition) is 1. The second-order valence-corrected chi connectivity index (χ2v) is 5.55. The van der Waals surface area contributed by atoms with Crippen LogP contribution in [0.1, 0.15) is 40.0 Å². The van der Waals surface area contributed by atoms with Gasteiger partial charge in [-0.2, -0.15) is 0 Å². The zero-order valence-corrected chi connectivity index (χ0v) is 11.9. The van der Waals surface area contributed by atoms with E-state index in [4.69, 9.17) is 4.74 Å². The van der Waals surface area contributed by atoms with Crippen LogP contribution in [0.2, 0.25) is 0 Å². The summed E-state index contributed by atoms with van der Waals surface area (Å²) in [5.41, 5.74) is 0. The van der Waals surface area contributed by atoms with Crippen LogP contribution in [0.4, 0.5) is 0 Å². The molecule has 3 nitrogen and oxygen atoms in total. The average Bonchev–Trinajstić information content (AvgIpc) is 2.28. The predicted octanol–water partition coefficient (Wildman–Crippen LogP) is 2.12. The molecule has 0 aliphatic carbocycles. The summed E-state index contributed by atoms with van der Waals surface area (Å²) in [6.45, 7) is 13.2. The Morgan fingerprint density at radius 2 is 2.18 bits per heavy atom. The maximum Gasteiger partial charge on any atom is 0.0593 e. The highest BCUT2D eigenvalue weighted by atomic mass is 16.5. The van der Waals surface area contributed by atoms with Crippen LogP contribution in [0.15, 0.2) is 0 Å². The van der Waals surface area contributed by atoms with Crippen LogP contribution >= 0.6 is 0 Å². The van der Waals surface area contributed by atoms with Crippen molar-refractivity contribution in [1.29, 1.82) is 0 Å². The monoisotopic (exact) mass is 242 g/mol. The molecule has 1 N–H and O–H groups in total. The fraction of sp³-hybridized carbons (Fsp3) is 1.00. The van der Waals surface area contributed by atoms with E-state index >= 15 is 0 Å². The first-order valence-electron chi connectivity index (χ1n) is 7.25. The van der Waals surface area contributed by atoms with Crippen molar-refractivity contribution in [3.05, 3.63) is 0 Å². The lowest BCUT2D eigenvalue weighted by atomic mass is 10.0. The molecule has 0 aromatic carbocycles. The van der Waals surface area contributed by atoms with Crippen molar-refractivity contribution in [3.8, 4) is 0 Å². The van der Waals surface area contributed by atoms with Gasteiger partial charge in [0.05, 0.1) is 6.61 Å². The molecule has 0 aromatic rings. The van der Waals surface area contributed by atoms with E-state index in [2.05, 4.69) is 31.0 Å². The number of rotatable bonds is 8. The van der Waals surface area contributed by atoms with Gasteiger partial charge < -0.3 is 10.1 Å².